The van der Waals surface area contributed by atoms with Crippen LogP contribution in [0, 0.1) is 6.92 Å². The number of halogens is 1. The Morgan fingerprint density at radius 1 is 1.12 bits per heavy atom. The van der Waals surface area contributed by atoms with Gasteiger partial charge in [-0.2, -0.15) is 5.10 Å². The highest BCUT2D eigenvalue weighted by Gasteiger charge is 2.21. The summed E-state index contributed by atoms with van der Waals surface area (Å²) in [5.74, 6) is 0.491. The lowest BCUT2D eigenvalue weighted by molar-refractivity contribution is 0.0528. The number of benzene rings is 1. The van der Waals surface area contributed by atoms with Crippen molar-refractivity contribution in [2.45, 2.75) is 46.1 Å². The number of fused-ring (bicyclic) bond motifs is 1. The van der Waals surface area contributed by atoms with Crippen molar-refractivity contribution in [2.24, 2.45) is 7.05 Å². The van der Waals surface area contributed by atoms with Crippen molar-refractivity contribution in [3.05, 3.63) is 70.4 Å². The first-order valence-corrected chi connectivity index (χ1v) is 13.8. The number of pyridine rings is 1. The predicted octanol–water partition coefficient (Wildman–Crippen LogP) is 5.09. The minimum absolute atomic E-state index is 0.141. The van der Waals surface area contributed by atoms with Crippen LogP contribution in [0.4, 0.5) is 4.79 Å². The highest BCUT2D eigenvalue weighted by molar-refractivity contribution is 6.30. The molecule has 0 fully saturated rings. The van der Waals surface area contributed by atoms with Gasteiger partial charge in [-0.15, -0.1) is 0 Å². The molecule has 4 rings (SSSR count). The molecule has 4 aromatic rings. The number of aromatic nitrogens is 4. The fourth-order valence-corrected chi connectivity index (χ4v) is 4.60. The van der Waals surface area contributed by atoms with E-state index in [4.69, 9.17) is 21.1 Å². The minimum Gasteiger partial charge on any atom is -0.493 e. The van der Waals surface area contributed by atoms with Gasteiger partial charge in [-0.3, -0.25) is 9.48 Å². The van der Waals surface area contributed by atoms with Gasteiger partial charge in [-0.05, 0) is 58.0 Å². The van der Waals surface area contributed by atoms with Crippen LogP contribution in [0.5, 0.6) is 5.75 Å². The number of carbonyl (C=O) groups is 2. The molecule has 0 unspecified atom stereocenters. The zero-order valence-corrected chi connectivity index (χ0v) is 25.4. The Bertz CT molecular complexity index is 1570. The highest BCUT2D eigenvalue weighted by atomic mass is 35.5. The summed E-state index contributed by atoms with van der Waals surface area (Å²) in [5, 5.41) is 7.78. The highest BCUT2D eigenvalue weighted by Crippen LogP contribution is 2.33. The van der Waals surface area contributed by atoms with E-state index in [-0.39, 0.29) is 5.91 Å². The van der Waals surface area contributed by atoms with E-state index in [2.05, 4.69) is 15.4 Å². The first-order chi connectivity index (χ1) is 19.3. The number of hydrogen-bond acceptors (Lipinski definition) is 6. The van der Waals surface area contributed by atoms with E-state index >= 15 is 0 Å². The molecule has 0 aliphatic heterocycles. The topological polar surface area (TPSA) is 103 Å². The maximum atomic E-state index is 12.7. The van der Waals surface area contributed by atoms with Crippen LogP contribution < -0.4 is 10.1 Å². The molecule has 0 aliphatic carbocycles. The summed E-state index contributed by atoms with van der Waals surface area (Å²) < 4.78 is 15.3. The number of imidazole rings is 1. The van der Waals surface area contributed by atoms with Crippen LogP contribution in [0.25, 0.3) is 16.8 Å². The zero-order valence-electron chi connectivity index (χ0n) is 24.6. The number of carbonyl (C=O) groups excluding carboxylic acids is 2. The fraction of sp³-hybridized carbons (Fsp3) is 0.400. The minimum atomic E-state index is -0.552. The first-order valence-electron chi connectivity index (χ1n) is 13.4. The molecular weight excluding hydrogens is 544 g/mol. The number of nitrogens with one attached hydrogen (secondary N) is 1. The number of ether oxygens (including phenoxy) is 2. The SMILES string of the molecule is Cc1c(CCOc2cc(Cl)ccc2-c2ccc3ncc(CCNC(=O)OC(C)(C)C)n3c2)c(C(=O)N(C)C)nn1C. The molecule has 218 valence electrons. The van der Waals surface area contributed by atoms with E-state index in [1.807, 2.05) is 69.6 Å². The molecule has 41 heavy (non-hydrogen) atoms. The predicted molar refractivity (Wildman–Crippen MR) is 159 cm³/mol. The van der Waals surface area contributed by atoms with Gasteiger partial charge in [0.1, 0.15) is 17.0 Å². The Kier molecular flexibility index (Phi) is 8.92. The van der Waals surface area contributed by atoms with Gasteiger partial charge in [0.2, 0.25) is 0 Å². The van der Waals surface area contributed by atoms with Crippen molar-refractivity contribution >= 4 is 29.2 Å². The van der Waals surface area contributed by atoms with Crippen LogP contribution in [-0.2, 0) is 24.6 Å². The molecular formula is C30H37ClN6O4. The monoisotopic (exact) mass is 580 g/mol. The summed E-state index contributed by atoms with van der Waals surface area (Å²) in [6, 6.07) is 9.47. The van der Waals surface area contributed by atoms with Crippen LogP contribution in [-0.4, -0.2) is 68.9 Å². The third-order valence-corrected chi connectivity index (χ3v) is 6.80. The average molecular weight is 581 g/mol. The fourth-order valence-electron chi connectivity index (χ4n) is 4.43. The van der Waals surface area contributed by atoms with Gasteiger partial charge in [-0.25, -0.2) is 9.78 Å². The maximum Gasteiger partial charge on any atom is 0.407 e. The lowest BCUT2D eigenvalue weighted by atomic mass is 10.1. The molecule has 3 heterocycles. The molecule has 11 heteroatoms. The quantitative estimate of drug-likeness (QED) is 0.296. The van der Waals surface area contributed by atoms with Gasteiger partial charge in [0, 0.05) is 86.0 Å². The van der Waals surface area contributed by atoms with Crippen molar-refractivity contribution in [1.29, 1.82) is 0 Å². The summed E-state index contributed by atoms with van der Waals surface area (Å²) in [6.45, 7) is 8.18. The number of hydrogen-bond donors (Lipinski definition) is 1. The van der Waals surface area contributed by atoms with E-state index in [9.17, 15) is 9.59 Å². The molecule has 3 aromatic heterocycles. The van der Waals surface area contributed by atoms with E-state index < -0.39 is 11.7 Å². The molecule has 10 nitrogen and oxygen atoms in total. The standard InChI is InChI=1S/C30H37ClN6O4/c1-19-23(27(34-36(19)7)28(38)35(5)6)13-15-40-25-16-21(31)9-10-24(25)20-8-11-26-33-17-22(37(26)18-20)12-14-32-29(39)41-30(2,3)4/h8-11,16-18H,12-15H2,1-7H3,(H,32,39). The van der Waals surface area contributed by atoms with Crippen molar-refractivity contribution in [3.63, 3.8) is 0 Å². The van der Waals surface area contributed by atoms with Crippen LogP contribution in [0.1, 0.15) is 48.2 Å². The van der Waals surface area contributed by atoms with E-state index in [1.54, 1.807) is 31.0 Å². The molecule has 1 N–H and O–H groups in total. The summed E-state index contributed by atoms with van der Waals surface area (Å²) in [7, 11) is 5.26. The maximum absolute atomic E-state index is 12.7. The molecule has 2 amide bonds. The van der Waals surface area contributed by atoms with Crippen molar-refractivity contribution in [3.8, 4) is 16.9 Å². The Morgan fingerprint density at radius 3 is 2.59 bits per heavy atom. The van der Waals surface area contributed by atoms with E-state index in [0.717, 1.165) is 33.7 Å². The smallest absolute Gasteiger partial charge is 0.407 e. The zero-order chi connectivity index (χ0) is 29.9. The molecule has 1 aromatic carbocycles. The van der Waals surface area contributed by atoms with Crippen LogP contribution in [0.3, 0.4) is 0 Å². The molecule has 0 spiro atoms. The van der Waals surface area contributed by atoms with Crippen LogP contribution in [0.15, 0.2) is 42.7 Å². The van der Waals surface area contributed by atoms with Crippen molar-refractivity contribution < 1.29 is 19.1 Å². The largest absolute Gasteiger partial charge is 0.493 e. The van der Waals surface area contributed by atoms with Crippen LogP contribution >= 0.6 is 11.6 Å². The third-order valence-electron chi connectivity index (χ3n) is 6.56. The van der Waals surface area contributed by atoms with E-state index in [1.165, 1.54) is 4.90 Å². The van der Waals surface area contributed by atoms with Crippen molar-refractivity contribution in [2.75, 3.05) is 27.2 Å². The second kappa shape index (κ2) is 12.2. The number of nitrogens with zero attached hydrogens (tertiary/aromatic N) is 5. The van der Waals surface area contributed by atoms with E-state index in [0.29, 0.717) is 42.5 Å². The Labute approximate surface area is 245 Å². The van der Waals surface area contributed by atoms with Gasteiger partial charge in [0.15, 0.2) is 5.69 Å². The van der Waals surface area contributed by atoms with Crippen LogP contribution in [0.2, 0.25) is 5.02 Å². The normalized spacial score (nSPS) is 11.5. The van der Waals surface area contributed by atoms with Gasteiger partial charge >= 0.3 is 6.09 Å². The van der Waals surface area contributed by atoms with Gasteiger partial charge < -0.3 is 24.1 Å². The van der Waals surface area contributed by atoms with Crippen molar-refractivity contribution in [1.82, 2.24) is 29.4 Å². The number of alkyl carbamates (subject to hydrolysis) is 1. The second-order valence-electron chi connectivity index (χ2n) is 11.0. The van der Waals surface area contributed by atoms with Gasteiger partial charge in [0.25, 0.3) is 5.91 Å². The van der Waals surface area contributed by atoms with Gasteiger partial charge in [-0.1, -0.05) is 11.6 Å². The molecule has 0 atom stereocenters. The first kappa shape index (κ1) is 29.9. The lowest BCUT2D eigenvalue weighted by Crippen LogP contribution is -2.33. The number of amides is 2. The second-order valence-corrected chi connectivity index (χ2v) is 11.5. The lowest BCUT2D eigenvalue weighted by Gasteiger charge is -2.19. The summed E-state index contributed by atoms with van der Waals surface area (Å²) in [5.41, 5.74) is 5.19. The Morgan fingerprint density at radius 2 is 1.88 bits per heavy atom. The summed E-state index contributed by atoms with van der Waals surface area (Å²) in [6.07, 6.45) is 4.44. The average Bonchev–Trinajstić information content (AvgIpc) is 3.42. The Balaban J connectivity index is 1.52. The molecule has 0 radical (unpaired) electrons. The number of rotatable bonds is 9. The molecule has 0 aliphatic rings. The number of aryl methyl sites for hydroxylation is 1. The molecule has 0 bridgehead atoms. The summed E-state index contributed by atoms with van der Waals surface area (Å²) >= 11 is 6.35. The summed E-state index contributed by atoms with van der Waals surface area (Å²) in [4.78, 5) is 30.7. The molecule has 0 saturated carbocycles. The third kappa shape index (κ3) is 7.18. The van der Waals surface area contributed by atoms with Gasteiger partial charge in [0.05, 0.1) is 6.61 Å². The Hall–Kier alpha value is -4.05. The molecule has 0 saturated heterocycles.